The lowest BCUT2D eigenvalue weighted by Crippen LogP contribution is -1.94. The Hall–Kier alpha value is -1.00. The van der Waals surface area contributed by atoms with E-state index in [2.05, 4.69) is 17.1 Å². The maximum absolute atomic E-state index is 6.14. The number of aryl methyl sites for hydroxylation is 1. The summed E-state index contributed by atoms with van der Waals surface area (Å²) in [6, 6.07) is 7.88. The van der Waals surface area contributed by atoms with Gasteiger partial charge in [-0.3, -0.25) is 0 Å². The summed E-state index contributed by atoms with van der Waals surface area (Å²) in [5.41, 5.74) is 1.12. The first-order chi connectivity index (χ1) is 7.68. The van der Waals surface area contributed by atoms with Gasteiger partial charge in [-0.15, -0.1) is 10.2 Å². The molecule has 0 fully saturated rings. The zero-order valence-electron chi connectivity index (χ0n) is 9.09. The van der Waals surface area contributed by atoms with Crippen molar-refractivity contribution in [1.29, 1.82) is 0 Å². The number of thioether (sulfide) groups is 1. The minimum atomic E-state index is 0.261. The summed E-state index contributed by atoms with van der Waals surface area (Å²) in [5.74, 6) is 0. The van der Waals surface area contributed by atoms with E-state index in [1.165, 1.54) is 0 Å². The number of hydrogen-bond acceptors (Lipinski definition) is 3. The summed E-state index contributed by atoms with van der Waals surface area (Å²) in [4.78, 5) is 0. The van der Waals surface area contributed by atoms with Gasteiger partial charge in [0.05, 0.1) is 0 Å². The van der Waals surface area contributed by atoms with Crippen LogP contribution in [-0.2, 0) is 7.05 Å². The van der Waals surface area contributed by atoms with Crippen molar-refractivity contribution in [3.05, 3.63) is 41.2 Å². The molecule has 0 saturated carbocycles. The summed E-state index contributed by atoms with van der Waals surface area (Å²) >= 11 is 7.79. The van der Waals surface area contributed by atoms with Crippen molar-refractivity contribution in [2.75, 3.05) is 0 Å². The number of benzene rings is 1. The molecule has 0 N–H and O–H groups in total. The van der Waals surface area contributed by atoms with E-state index < -0.39 is 0 Å². The van der Waals surface area contributed by atoms with Crippen LogP contribution in [0.25, 0.3) is 0 Å². The van der Waals surface area contributed by atoms with Gasteiger partial charge in [0, 0.05) is 17.3 Å². The number of hydrogen-bond donors (Lipinski definition) is 0. The Morgan fingerprint density at radius 3 is 2.75 bits per heavy atom. The fourth-order valence-corrected chi connectivity index (χ4v) is 2.73. The Kier molecular flexibility index (Phi) is 3.51. The van der Waals surface area contributed by atoms with Gasteiger partial charge in [0.1, 0.15) is 6.33 Å². The summed E-state index contributed by atoms with van der Waals surface area (Å²) < 4.78 is 1.90. The van der Waals surface area contributed by atoms with E-state index in [1.807, 2.05) is 35.9 Å². The van der Waals surface area contributed by atoms with Crippen LogP contribution in [-0.4, -0.2) is 14.8 Å². The first-order valence-corrected chi connectivity index (χ1v) is 6.19. The van der Waals surface area contributed by atoms with Crippen LogP contribution < -0.4 is 0 Å². The molecule has 0 aliphatic carbocycles. The van der Waals surface area contributed by atoms with E-state index in [0.29, 0.717) is 0 Å². The zero-order chi connectivity index (χ0) is 11.5. The Morgan fingerprint density at radius 2 is 2.12 bits per heavy atom. The largest absolute Gasteiger partial charge is 0.312 e. The highest BCUT2D eigenvalue weighted by Crippen LogP contribution is 2.36. The second-order valence-electron chi connectivity index (χ2n) is 3.51. The van der Waals surface area contributed by atoms with Crippen molar-refractivity contribution >= 4 is 23.4 Å². The van der Waals surface area contributed by atoms with E-state index in [9.17, 15) is 0 Å². The van der Waals surface area contributed by atoms with Crippen LogP contribution in [0.4, 0.5) is 0 Å². The van der Waals surface area contributed by atoms with Crippen LogP contribution in [0.2, 0.25) is 5.02 Å². The van der Waals surface area contributed by atoms with Crippen LogP contribution >= 0.6 is 23.4 Å². The average molecular weight is 254 g/mol. The van der Waals surface area contributed by atoms with Gasteiger partial charge in [-0.2, -0.15) is 0 Å². The topological polar surface area (TPSA) is 30.7 Å². The maximum atomic E-state index is 6.14. The van der Waals surface area contributed by atoms with Gasteiger partial charge < -0.3 is 4.57 Å². The molecule has 1 heterocycles. The highest BCUT2D eigenvalue weighted by atomic mass is 35.5. The standard InChI is InChI=1S/C11H12ClN3S/c1-8(9-5-3-4-6-10(9)12)16-11-14-13-7-15(11)2/h3-8H,1-2H3. The molecule has 1 atom stereocenters. The van der Waals surface area contributed by atoms with E-state index in [0.717, 1.165) is 15.7 Å². The third kappa shape index (κ3) is 2.39. The smallest absolute Gasteiger partial charge is 0.191 e. The fraction of sp³-hybridized carbons (Fsp3) is 0.273. The lowest BCUT2D eigenvalue weighted by atomic mass is 10.2. The average Bonchev–Trinajstić information content (AvgIpc) is 2.65. The molecule has 0 radical (unpaired) electrons. The molecule has 5 heteroatoms. The Labute approximate surface area is 104 Å². The summed E-state index contributed by atoms with van der Waals surface area (Å²) in [5, 5.41) is 9.85. The number of rotatable bonds is 3. The zero-order valence-corrected chi connectivity index (χ0v) is 10.7. The van der Waals surface area contributed by atoms with Crippen LogP contribution in [0.1, 0.15) is 17.7 Å². The molecular weight excluding hydrogens is 242 g/mol. The predicted octanol–water partition coefficient (Wildman–Crippen LogP) is 3.32. The molecular formula is C11H12ClN3S. The summed E-state index contributed by atoms with van der Waals surface area (Å²) in [6.45, 7) is 2.11. The number of aromatic nitrogens is 3. The fourth-order valence-electron chi connectivity index (χ4n) is 1.41. The van der Waals surface area contributed by atoms with Crippen LogP contribution in [0.3, 0.4) is 0 Å². The first-order valence-electron chi connectivity index (χ1n) is 4.93. The van der Waals surface area contributed by atoms with E-state index in [4.69, 9.17) is 11.6 Å². The molecule has 0 amide bonds. The molecule has 16 heavy (non-hydrogen) atoms. The summed E-state index contributed by atoms with van der Waals surface area (Å²) in [6.07, 6.45) is 1.70. The van der Waals surface area contributed by atoms with Crippen molar-refractivity contribution in [3.8, 4) is 0 Å². The molecule has 3 nitrogen and oxygen atoms in total. The van der Waals surface area contributed by atoms with E-state index in [1.54, 1.807) is 18.1 Å². The minimum Gasteiger partial charge on any atom is -0.312 e. The second kappa shape index (κ2) is 4.89. The summed E-state index contributed by atoms with van der Waals surface area (Å²) in [7, 11) is 1.93. The molecule has 2 aromatic rings. The Morgan fingerprint density at radius 1 is 1.38 bits per heavy atom. The second-order valence-corrected chi connectivity index (χ2v) is 5.22. The van der Waals surface area contributed by atoms with Crippen molar-refractivity contribution in [2.24, 2.45) is 7.05 Å². The lowest BCUT2D eigenvalue weighted by Gasteiger charge is -2.11. The lowest BCUT2D eigenvalue weighted by molar-refractivity contribution is 0.785. The monoisotopic (exact) mass is 253 g/mol. The van der Waals surface area contributed by atoms with Gasteiger partial charge in [0.2, 0.25) is 0 Å². The normalized spacial score (nSPS) is 12.7. The molecule has 0 aliphatic heterocycles. The molecule has 1 aromatic heterocycles. The van der Waals surface area contributed by atoms with Gasteiger partial charge >= 0.3 is 0 Å². The van der Waals surface area contributed by atoms with Gasteiger partial charge in [0.25, 0.3) is 0 Å². The molecule has 1 unspecified atom stereocenters. The van der Waals surface area contributed by atoms with Crippen molar-refractivity contribution < 1.29 is 0 Å². The number of halogens is 1. The van der Waals surface area contributed by atoms with Gasteiger partial charge in [0.15, 0.2) is 5.16 Å². The first kappa shape index (κ1) is 11.5. The van der Waals surface area contributed by atoms with Gasteiger partial charge in [-0.1, -0.05) is 41.6 Å². The van der Waals surface area contributed by atoms with E-state index in [-0.39, 0.29) is 5.25 Å². The maximum Gasteiger partial charge on any atom is 0.191 e. The van der Waals surface area contributed by atoms with E-state index >= 15 is 0 Å². The van der Waals surface area contributed by atoms with Crippen LogP contribution in [0, 0.1) is 0 Å². The van der Waals surface area contributed by atoms with Crippen molar-refractivity contribution in [3.63, 3.8) is 0 Å². The Balaban J connectivity index is 2.18. The molecule has 0 aliphatic rings. The number of nitrogens with zero attached hydrogens (tertiary/aromatic N) is 3. The van der Waals surface area contributed by atoms with Crippen molar-refractivity contribution in [1.82, 2.24) is 14.8 Å². The molecule has 0 saturated heterocycles. The Bertz CT molecular complexity index is 484. The van der Waals surface area contributed by atoms with Gasteiger partial charge in [-0.25, -0.2) is 0 Å². The quantitative estimate of drug-likeness (QED) is 0.787. The predicted molar refractivity (Wildman–Crippen MR) is 66.7 cm³/mol. The molecule has 0 spiro atoms. The van der Waals surface area contributed by atoms with Gasteiger partial charge in [-0.05, 0) is 18.6 Å². The molecule has 0 bridgehead atoms. The highest BCUT2D eigenvalue weighted by molar-refractivity contribution is 7.99. The third-order valence-electron chi connectivity index (χ3n) is 2.30. The van der Waals surface area contributed by atoms with Crippen LogP contribution in [0.5, 0.6) is 0 Å². The molecule has 1 aromatic carbocycles. The third-order valence-corrected chi connectivity index (χ3v) is 3.83. The SMILES string of the molecule is CC(Sc1nncn1C)c1ccccc1Cl. The molecule has 2 rings (SSSR count). The molecule has 84 valence electrons. The van der Waals surface area contributed by atoms with Crippen LogP contribution in [0.15, 0.2) is 35.7 Å². The highest BCUT2D eigenvalue weighted by Gasteiger charge is 2.13. The van der Waals surface area contributed by atoms with Crippen molar-refractivity contribution in [2.45, 2.75) is 17.3 Å². The minimum absolute atomic E-state index is 0.261.